The highest BCUT2D eigenvalue weighted by molar-refractivity contribution is 7.46. The Morgan fingerprint density at radius 2 is 2.15 bits per heavy atom. The van der Waals surface area contributed by atoms with Crippen LogP contribution in [0.5, 0.6) is 0 Å². The standard InChI is InChI=1S/C16H21N8O8P/c17-8(1-7-2-19-4-20-7)16(26)32-12-9(3-30-33(27,28)29)31-15(11(12)25)24-6-23-10-13(18)21-5-22-14(10)24/h2,4-6,8-9,11-12,15,25H,1,3,17H2,(H,19,20)(H2,18,21,22)(H2,27,28,29). The van der Waals surface area contributed by atoms with Crippen LogP contribution in [0.15, 0.2) is 25.2 Å². The van der Waals surface area contributed by atoms with Gasteiger partial charge >= 0.3 is 13.8 Å². The predicted molar refractivity (Wildman–Crippen MR) is 108 cm³/mol. The van der Waals surface area contributed by atoms with E-state index in [1.165, 1.54) is 29.7 Å². The molecule has 17 heteroatoms. The topological polar surface area (TPSA) is 247 Å². The Kier molecular flexibility index (Phi) is 6.40. The zero-order chi connectivity index (χ0) is 23.8. The Bertz CT molecular complexity index is 1170. The van der Waals surface area contributed by atoms with Crippen LogP contribution in [0.4, 0.5) is 5.82 Å². The van der Waals surface area contributed by atoms with E-state index < -0.39 is 51.0 Å². The van der Waals surface area contributed by atoms with Crippen LogP contribution < -0.4 is 11.5 Å². The van der Waals surface area contributed by atoms with Gasteiger partial charge in [-0.25, -0.2) is 24.5 Å². The van der Waals surface area contributed by atoms with Crippen LogP contribution in [-0.2, 0) is 29.8 Å². The van der Waals surface area contributed by atoms with Crippen LogP contribution in [0, 0.1) is 0 Å². The van der Waals surface area contributed by atoms with Gasteiger partial charge in [0.05, 0.1) is 19.3 Å². The molecule has 1 fully saturated rings. The van der Waals surface area contributed by atoms with Crippen LogP contribution in [0.2, 0.25) is 0 Å². The largest absolute Gasteiger partial charge is 0.469 e. The highest BCUT2D eigenvalue weighted by Gasteiger charge is 2.49. The van der Waals surface area contributed by atoms with Crippen molar-refractivity contribution in [3.8, 4) is 0 Å². The monoisotopic (exact) mass is 484 g/mol. The molecule has 0 saturated carbocycles. The lowest BCUT2D eigenvalue weighted by atomic mass is 10.1. The second-order valence-corrected chi connectivity index (χ2v) is 8.45. The van der Waals surface area contributed by atoms with Gasteiger partial charge in [0.2, 0.25) is 0 Å². The van der Waals surface area contributed by atoms with Crippen LogP contribution in [0.1, 0.15) is 11.9 Å². The highest BCUT2D eigenvalue weighted by atomic mass is 31.2. The number of nitrogens with two attached hydrogens (primary N) is 2. The zero-order valence-electron chi connectivity index (χ0n) is 16.8. The number of hydrogen-bond donors (Lipinski definition) is 6. The minimum absolute atomic E-state index is 0.0813. The summed E-state index contributed by atoms with van der Waals surface area (Å²) in [5, 5.41) is 10.9. The molecule has 5 atom stereocenters. The molecular formula is C16H21N8O8P. The van der Waals surface area contributed by atoms with Gasteiger partial charge in [-0.15, -0.1) is 0 Å². The third-order valence-corrected chi connectivity index (χ3v) is 5.41. The number of H-pyrrole nitrogens is 1. The first kappa shape index (κ1) is 23.2. The van der Waals surface area contributed by atoms with Crippen LogP contribution >= 0.6 is 7.82 Å². The van der Waals surface area contributed by atoms with Crippen LogP contribution in [-0.4, -0.2) is 81.3 Å². The van der Waals surface area contributed by atoms with Crippen molar-refractivity contribution in [2.24, 2.45) is 5.73 Å². The molecule has 1 aliphatic rings. The quantitative estimate of drug-likeness (QED) is 0.149. The fourth-order valence-corrected chi connectivity index (χ4v) is 3.74. The van der Waals surface area contributed by atoms with E-state index in [1.54, 1.807) is 0 Å². The number of nitrogens with zero attached hydrogens (tertiary/aromatic N) is 5. The van der Waals surface area contributed by atoms with E-state index in [0.717, 1.165) is 0 Å². The van der Waals surface area contributed by atoms with E-state index in [1.807, 2.05) is 0 Å². The summed E-state index contributed by atoms with van der Waals surface area (Å²) in [4.78, 5) is 49.3. The molecule has 8 N–H and O–H groups in total. The number of nitrogens with one attached hydrogen (secondary N) is 1. The Balaban J connectivity index is 1.56. The van der Waals surface area contributed by atoms with Crippen molar-refractivity contribution in [3.05, 3.63) is 30.9 Å². The number of rotatable bonds is 8. The number of anilines is 1. The fourth-order valence-electron chi connectivity index (χ4n) is 3.39. The number of aliphatic hydroxyl groups excluding tert-OH is 1. The summed E-state index contributed by atoms with van der Waals surface area (Å²) < 4.78 is 28.1. The second-order valence-electron chi connectivity index (χ2n) is 7.21. The molecule has 33 heavy (non-hydrogen) atoms. The van der Waals surface area contributed by atoms with E-state index in [2.05, 4.69) is 29.4 Å². The number of aromatic nitrogens is 6. The van der Waals surface area contributed by atoms with Crippen molar-refractivity contribution in [2.75, 3.05) is 12.3 Å². The molecule has 4 heterocycles. The van der Waals surface area contributed by atoms with Crippen LogP contribution in [0.3, 0.4) is 0 Å². The van der Waals surface area contributed by atoms with Crippen molar-refractivity contribution in [3.63, 3.8) is 0 Å². The number of carbonyl (C=O) groups is 1. The average molecular weight is 484 g/mol. The molecule has 4 rings (SSSR count). The second kappa shape index (κ2) is 9.11. The van der Waals surface area contributed by atoms with E-state index >= 15 is 0 Å². The molecule has 3 aromatic rings. The van der Waals surface area contributed by atoms with E-state index in [0.29, 0.717) is 5.69 Å². The van der Waals surface area contributed by atoms with Crippen molar-refractivity contribution in [2.45, 2.75) is 37.0 Å². The van der Waals surface area contributed by atoms with Gasteiger partial charge in [-0.1, -0.05) is 0 Å². The first-order valence-electron chi connectivity index (χ1n) is 9.54. The maximum atomic E-state index is 12.6. The zero-order valence-corrected chi connectivity index (χ0v) is 17.7. The summed E-state index contributed by atoms with van der Waals surface area (Å²) >= 11 is 0. The normalized spacial score (nSPS) is 24.2. The highest BCUT2D eigenvalue weighted by Crippen LogP contribution is 2.39. The molecule has 0 amide bonds. The SMILES string of the molecule is Nc1ncnc2c1ncn2C1OC(COP(=O)(O)O)C(OC(=O)C(N)Cc2cnc[nH]2)C1O. The number of esters is 1. The number of imidazole rings is 2. The molecule has 0 spiro atoms. The summed E-state index contributed by atoms with van der Waals surface area (Å²) in [7, 11) is -4.88. The summed E-state index contributed by atoms with van der Waals surface area (Å²) in [5.74, 6) is -0.776. The minimum Gasteiger partial charge on any atom is -0.455 e. The van der Waals surface area contributed by atoms with E-state index in [9.17, 15) is 14.5 Å². The number of phosphoric ester groups is 1. The van der Waals surface area contributed by atoms with E-state index in [4.69, 9.17) is 30.7 Å². The van der Waals surface area contributed by atoms with Gasteiger partial charge in [-0.3, -0.25) is 13.9 Å². The van der Waals surface area contributed by atoms with Crippen molar-refractivity contribution >= 4 is 30.8 Å². The van der Waals surface area contributed by atoms with E-state index in [-0.39, 0.29) is 23.4 Å². The van der Waals surface area contributed by atoms with Gasteiger partial charge in [0, 0.05) is 18.3 Å². The molecule has 0 aliphatic carbocycles. The molecule has 178 valence electrons. The lowest BCUT2D eigenvalue weighted by molar-refractivity contribution is -0.158. The maximum absolute atomic E-state index is 12.6. The number of aliphatic hydroxyl groups is 1. The molecule has 0 aromatic carbocycles. The number of carbonyl (C=O) groups excluding carboxylic acids is 1. The first-order chi connectivity index (χ1) is 15.6. The van der Waals surface area contributed by atoms with Crippen molar-refractivity contribution < 1.29 is 38.3 Å². The summed E-state index contributed by atoms with van der Waals surface area (Å²) in [5.41, 5.74) is 12.7. The number of fused-ring (bicyclic) bond motifs is 1. The summed E-state index contributed by atoms with van der Waals surface area (Å²) in [6.07, 6.45) is 0.159. The molecule has 3 aromatic heterocycles. The van der Waals surface area contributed by atoms with Gasteiger partial charge in [-0.05, 0) is 0 Å². The smallest absolute Gasteiger partial charge is 0.455 e. The van der Waals surface area contributed by atoms with Gasteiger partial charge in [0.15, 0.2) is 23.8 Å². The Morgan fingerprint density at radius 3 is 2.85 bits per heavy atom. The number of phosphoric acid groups is 1. The lowest BCUT2D eigenvalue weighted by Gasteiger charge is -2.22. The third kappa shape index (κ3) is 5.01. The Hall–Kier alpha value is -2.98. The molecular weight excluding hydrogens is 463 g/mol. The minimum atomic E-state index is -4.88. The molecule has 5 unspecified atom stereocenters. The number of aromatic amines is 1. The van der Waals surface area contributed by atoms with Crippen LogP contribution in [0.25, 0.3) is 11.2 Å². The lowest BCUT2D eigenvalue weighted by Crippen LogP contribution is -2.43. The average Bonchev–Trinajstić information content (AvgIpc) is 3.47. The van der Waals surface area contributed by atoms with Crippen molar-refractivity contribution in [1.82, 2.24) is 29.5 Å². The number of ether oxygens (including phenoxy) is 2. The third-order valence-electron chi connectivity index (χ3n) is 4.93. The summed E-state index contributed by atoms with van der Waals surface area (Å²) in [6.45, 7) is -0.685. The van der Waals surface area contributed by atoms with Gasteiger partial charge in [0.25, 0.3) is 0 Å². The fraction of sp³-hybridized carbons (Fsp3) is 0.438. The number of hydrogen-bond acceptors (Lipinski definition) is 12. The molecule has 0 bridgehead atoms. The Labute approximate surface area is 185 Å². The van der Waals surface area contributed by atoms with Gasteiger partial charge in [0.1, 0.15) is 30.1 Å². The van der Waals surface area contributed by atoms with Gasteiger partial charge < -0.3 is 40.8 Å². The Morgan fingerprint density at radius 1 is 1.36 bits per heavy atom. The number of nitrogen functional groups attached to an aromatic ring is 1. The summed E-state index contributed by atoms with van der Waals surface area (Å²) in [6, 6.07) is -1.11. The van der Waals surface area contributed by atoms with Crippen molar-refractivity contribution in [1.29, 1.82) is 0 Å². The first-order valence-corrected chi connectivity index (χ1v) is 11.1. The molecule has 1 saturated heterocycles. The maximum Gasteiger partial charge on any atom is 0.469 e. The molecule has 16 nitrogen and oxygen atoms in total. The predicted octanol–water partition coefficient (Wildman–Crippen LogP) is -2.02. The van der Waals surface area contributed by atoms with Gasteiger partial charge in [-0.2, -0.15) is 0 Å². The molecule has 0 radical (unpaired) electrons. The molecule has 1 aliphatic heterocycles.